The standard InChI is InChI=1S/C42H44N2O14/c1-18-14-21-15-26(46)42(57-5)38(52)29-23(37(51)41(42,54)30(21)33(49)27(18)39(53)43-13-9-12-20-10-7-6-8-11-20)16-22-28(32(29)48)25(45)17-24(31(22)47)44-40-36(56-4)34(50)35(55-3)19(2)58-40/h6-8,10-11,14,16-17,19,26,34-36,40,44,46,48-50,54H,9,12-13,15H2,1-5H3,(H,43,53)/t19-,26+,34+,35-,36+,40-,41-,42+/m0/s1. The van der Waals surface area contributed by atoms with Crippen molar-refractivity contribution in [1.29, 1.82) is 0 Å². The number of carbonyl (C=O) groups is 5. The Morgan fingerprint density at radius 1 is 0.931 bits per heavy atom. The molecular formula is C42H44N2O14. The zero-order chi connectivity index (χ0) is 42.0. The highest BCUT2D eigenvalue weighted by atomic mass is 16.6. The fraction of sp³-hybridized carbons (Fsp3) is 0.405. The van der Waals surface area contributed by atoms with Crippen molar-refractivity contribution in [3.8, 4) is 11.5 Å². The van der Waals surface area contributed by atoms with Crippen molar-refractivity contribution in [2.24, 2.45) is 0 Å². The Morgan fingerprint density at radius 2 is 1.62 bits per heavy atom. The molecule has 58 heavy (non-hydrogen) atoms. The average Bonchev–Trinajstić information content (AvgIpc) is 3.17. The molecule has 1 fully saturated rings. The molecule has 7 rings (SSSR count). The molecule has 0 aromatic heterocycles. The van der Waals surface area contributed by atoms with E-state index in [9.17, 15) is 49.5 Å². The summed E-state index contributed by atoms with van der Waals surface area (Å²) in [5.41, 5.74) is -8.75. The number of benzene rings is 3. The normalized spacial score (nSPS) is 28.9. The minimum atomic E-state index is -3.23. The van der Waals surface area contributed by atoms with Gasteiger partial charge >= 0.3 is 0 Å². The van der Waals surface area contributed by atoms with Gasteiger partial charge in [-0.1, -0.05) is 36.4 Å². The minimum absolute atomic E-state index is 0.0260. The molecule has 16 heteroatoms. The van der Waals surface area contributed by atoms with Gasteiger partial charge in [-0.05, 0) is 49.4 Å². The van der Waals surface area contributed by atoms with Crippen LogP contribution in [0.25, 0.3) is 0 Å². The van der Waals surface area contributed by atoms with Gasteiger partial charge in [-0.3, -0.25) is 24.0 Å². The number of hydrogen-bond acceptors (Lipinski definition) is 15. The lowest BCUT2D eigenvalue weighted by Gasteiger charge is -2.53. The molecule has 0 unspecified atom stereocenters. The van der Waals surface area contributed by atoms with Gasteiger partial charge in [0.2, 0.25) is 17.3 Å². The number of fused-ring (bicyclic) bond motifs is 5. The number of aliphatic hydroxyl groups is 3. The largest absolute Gasteiger partial charge is 0.507 e. The number of methoxy groups -OCH3 is 3. The number of phenols is 2. The highest BCUT2D eigenvalue weighted by Crippen LogP contribution is 2.56. The third kappa shape index (κ3) is 5.89. The minimum Gasteiger partial charge on any atom is -0.507 e. The summed E-state index contributed by atoms with van der Waals surface area (Å²) in [5.74, 6) is -7.25. The molecule has 1 aliphatic heterocycles. The molecule has 306 valence electrons. The molecule has 1 heterocycles. The van der Waals surface area contributed by atoms with Crippen LogP contribution < -0.4 is 10.6 Å². The number of ketones is 4. The maximum Gasteiger partial charge on any atom is 0.255 e. The maximum atomic E-state index is 14.9. The van der Waals surface area contributed by atoms with Crippen LogP contribution in [0.4, 0.5) is 0 Å². The molecule has 3 aliphatic carbocycles. The van der Waals surface area contributed by atoms with E-state index in [1.165, 1.54) is 27.2 Å². The zero-order valence-corrected chi connectivity index (χ0v) is 32.3. The number of aryl methyl sites for hydroxylation is 2. The number of nitrogens with one attached hydrogen (secondary N) is 2. The average molecular weight is 801 g/mol. The first-order chi connectivity index (χ1) is 27.6. The number of rotatable bonds is 10. The lowest BCUT2D eigenvalue weighted by atomic mass is 9.56. The Balaban J connectivity index is 1.28. The predicted molar refractivity (Wildman–Crippen MR) is 202 cm³/mol. The molecule has 3 aromatic rings. The predicted octanol–water partition coefficient (Wildman–Crippen LogP) is 1.33. The number of ether oxygens (including phenoxy) is 4. The first-order valence-corrected chi connectivity index (χ1v) is 18.7. The van der Waals surface area contributed by atoms with Gasteiger partial charge in [0.05, 0.1) is 34.6 Å². The van der Waals surface area contributed by atoms with Crippen molar-refractivity contribution in [3.63, 3.8) is 0 Å². The van der Waals surface area contributed by atoms with Gasteiger partial charge in [-0.15, -0.1) is 0 Å². The summed E-state index contributed by atoms with van der Waals surface area (Å²) in [6.45, 7) is 3.34. The molecule has 0 saturated carbocycles. The lowest BCUT2D eigenvalue weighted by Crippen LogP contribution is -2.73. The second kappa shape index (κ2) is 15.1. The number of phenolic OH excluding ortho intramolecular Hbond substituents is 2. The number of hydrogen-bond donors (Lipinski definition) is 7. The van der Waals surface area contributed by atoms with Crippen LogP contribution in [0.15, 0.2) is 54.2 Å². The summed E-state index contributed by atoms with van der Waals surface area (Å²) >= 11 is 0. The van der Waals surface area contributed by atoms with E-state index in [-0.39, 0.29) is 28.9 Å². The summed E-state index contributed by atoms with van der Waals surface area (Å²) in [4.78, 5) is 70.9. The van der Waals surface area contributed by atoms with E-state index in [4.69, 9.17) is 18.9 Å². The number of carbonyl (C=O) groups excluding carboxylic acids is 5. The van der Waals surface area contributed by atoms with Gasteiger partial charge < -0.3 is 55.1 Å². The van der Waals surface area contributed by atoms with Gasteiger partial charge in [-0.2, -0.15) is 0 Å². The quantitative estimate of drug-likeness (QED) is 0.143. The molecule has 8 atom stereocenters. The van der Waals surface area contributed by atoms with Crippen LogP contribution in [0, 0.1) is 6.92 Å². The van der Waals surface area contributed by atoms with Crippen molar-refractivity contribution < 1.29 is 68.5 Å². The lowest BCUT2D eigenvalue weighted by molar-refractivity contribution is -0.236. The molecule has 1 amide bonds. The zero-order valence-electron chi connectivity index (χ0n) is 32.3. The summed E-state index contributed by atoms with van der Waals surface area (Å²) in [6.07, 6.45) is -5.35. The number of aromatic hydroxyl groups is 2. The maximum absolute atomic E-state index is 14.9. The molecular weight excluding hydrogens is 756 g/mol. The van der Waals surface area contributed by atoms with Crippen LogP contribution in [-0.4, -0.2) is 125 Å². The molecule has 0 spiro atoms. The van der Waals surface area contributed by atoms with Crippen LogP contribution in [0.1, 0.15) is 87.4 Å². The number of Topliss-reactive ketones (excluding diaryl/α,β-unsaturated/α-hetero) is 3. The Morgan fingerprint density at radius 3 is 2.28 bits per heavy atom. The van der Waals surface area contributed by atoms with Crippen LogP contribution >= 0.6 is 0 Å². The number of amides is 1. The van der Waals surface area contributed by atoms with E-state index in [1.807, 2.05) is 30.3 Å². The van der Waals surface area contributed by atoms with E-state index in [1.54, 1.807) is 6.92 Å². The van der Waals surface area contributed by atoms with Crippen LogP contribution in [0.3, 0.4) is 0 Å². The van der Waals surface area contributed by atoms with Crippen LogP contribution in [0.2, 0.25) is 0 Å². The van der Waals surface area contributed by atoms with Crippen molar-refractivity contribution in [2.75, 3.05) is 27.9 Å². The van der Waals surface area contributed by atoms with Gasteiger partial charge in [0.15, 0.2) is 23.2 Å². The van der Waals surface area contributed by atoms with Gasteiger partial charge in [0.25, 0.3) is 5.91 Å². The topological polar surface area (TPSA) is 247 Å². The van der Waals surface area contributed by atoms with E-state index in [2.05, 4.69) is 10.6 Å². The van der Waals surface area contributed by atoms with Crippen molar-refractivity contribution in [2.45, 2.75) is 81.1 Å². The van der Waals surface area contributed by atoms with Crippen molar-refractivity contribution in [3.05, 3.63) is 104 Å². The van der Waals surface area contributed by atoms with E-state index >= 15 is 0 Å². The number of allylic oxidation sites excluding steroid dienone is 2. The number of aliphatic hydroxyl groups excluding tert-OH is 2. The highest BCUT2D eigenvalue weighted by molar-refractivity contribution is 6.31. The molecule has 7 N–H and O–H groups in total. The fourth-order valence-corrected chi connectivity index (χ4v) is 9.00. The van der Waals surface area contributed by atoms with Crippen molar-refractivity contribution >= 4 is 29.0 Å². The highest BCUT2D eigenvalue weighted by Gasteiger charge is 2.72. The summed E-state index contributed by atoms with van der Waals surface area (Å²) in [5, 5.41) is 64.2. The first-order valence-electron chi connectivity index (χ1n) is 18.7. The molecule has 4 aliphatic rings. The van der Waals surface area contributed by atoms with Gasteiger partial charge in [-0.25, -0.2) is 0 Å². The third-order valence-corrected chi connectivity index (χ3v) is 11.8. The SMILES string of the molecule is CO[C@@H]1[C@@H](O)[C@@H](OC)[C@@H](NC2=CC(=O)c3c(cc4c(c3O)C(=O)[C@]3(OC)[C@H](O)Cc5cc(C)c(C(=O)NCCCc6ccccc6)c(O)c5[C@]3(O)C4=O)C2=O)O[C@H]1C. The van der Waals surface area contributed by atoms with E-state index < -0.39 is 123 Å². The summed E-state index contributed by atoms with van der Waals surface area (Å²) in [6, 6.07) is 11.9. The third-order valence-electron chi connectivity index (χ3n) is 11.8. The molecule has 3 aromatic carbocycles. The Labute approximate surface area is 332 Å². The smallest absolute Gasteiger partial charge is 0.255 e. The summed E-state index contributed by atoms with van der Waals surface area (Å²) < 4.78 is 22.2. The van der Waals surface area contributed by atoms with E-state index in [0.29, 0.717) is 12.8 Å². The molecule has 16 nitrogen and oxygen atoms in total. The Bertz CT molecular complexity index is 2270. The first kappa shape index (κ1) is 40.9. The summed E-state index contributed by atoms with van der Waals surface area (Å²) in [7, 11) is 3.62. The molecule has 0 radical (unpaired) electrons. The Kier molecular flexibility index (Phi) is 10.6. The Hall–Kier alpha value is -5.33. The molecule has 1 saturated heterocycles. The van der Waals surface area contributed by atoms with Gasteiger partial charge in [0, 0.05) is 57.1 Å². The second-order valence-electron chi connectivity index (χ2n) is 14.9. The van der Waals surface area contributed by atoms with Gasteiger partial charge in [0.1, 0.15) is 29.8 Å². The van der Waals surface area contributed by atoms with E-state index in [0.717, 1.165) is 24.8 Å². The van der Waals surface area contributed by atoms with Crippen molar-refractivity contribution in [1.82, 2.24) is 10.6 Å². The monoisotopic (exact) mass is 800 g/mol. The van der Waals surface area contributed by atoms with Crippen LogP contribution in [-0.2, 0) is 37.4 Å². The fourth-order valence-electron chi connectivity index (χ4n) is 9.00. The van der Waals surface area contributed by atoms with Crippen LogP contribution in [0.5, 0.6) is 11.5 Å². The molecule has 0 bridgehead atoms. The second-order valence-corrected chi connectivity index (χ2v) is 14.9.